The Morgan fingerprint density at radius 3 is 2.45 bits per heavy atom. The molecule has 2 amide bonds. The number of carbonyl (C=O) groups excluding carboxylic acids is 1. The molecule has 0 atom stereocenters. The zero-order valence-electron chi connectivity index (χ0n) is 11.8. The van der Waals surface area contributed by atoms with Crippen LogP contribution >= 0.6 is 15.9 Å². The van der Waals surface area contributed by atoms with Gasteiger partial charge in [-0.25, -0.2) is 9.59 Å². The van der Waals surface area contributed by atoms with Gasteiger partial charge in [-0.15, -0.1) is 0 Å². The molecule has 0 bridgehead atoms. The van der Waals surface area contributed by atoms with E-state index in [-0.39, 0.29) is 5.69 Å². The molecular formula is C13H17BrN2O4. The number of aromatic nitrogens is 1. The van der Waals surface area contributed by atoms with Gasteiger partial charge in [-0.1, -0.05) is 6.92 Å². The van der Waals surface area contributed by atoms with Crippen molar-refractivity contribution in [2.75, 3.05) is 4.90 Å². The third-order valence-electron chi connectivity index (χ3n) is 2.34. The lowest BCUT2D eigenvalue weighted by atomic mass is 10.1. The number of rotatable bonds is 2. The molecule has 7 heteroatoms. The summed E-state index contributed by atoms with van der Waals surface area (Å²) in [5.41, 5.74) is 0.0910. The van der Waals surface area contributed by atoms with Crippen LogP contribution in [0, 0.1) is 0 Å². The van der Waals surface area contributed by atoms with Gasteiger partial charge in [0.2, 0.25) is 0 Å². The zero-order chi connectivity index (χ0) is 15.5. The van der Waals surface area contributed by atoms with Crippen LogP contribution in [0.5, 0.6) is 0 Å². The Morgan fingerprint density at radius 2 is 2.00 bits per heavy atom. The molecule has 110 valence electrons. The van der Waals surface area contributed by atoms with Gasteiger partial charge in [-0.2, -0.15) is 4.90 Å². The van der Waals surface area contributed by atoms with Crippen molar-refractivity contribution in [2.45, 2.75) is 39.7 Å². The highest BCUT2D eigenvalue weighted by atomic mass is 79.9. The van der Waals surface area contributed by atoms with Crippen LogP contribution in [-0.4, -0.2) is 27.9 Å². The van der Waals surface area contributed by atoms with Crippen LogP contribution in [0.25, 0.3) is 0 Å². The first-order valence-corrected chi connectivity index (χ1v) is 6.85. The van der Waals surface area contributed by atoms with Crippen molar-refractivity contribution < 1.29 is 19.4 Å². The zero-order valence-corrected chi connectivity index (χ0v) is 13.4. The van der Waals surface area contributed by atoms with E-state index in [1.54, 1.807) is 27.0 Å². The lowest BCUT2D eigenvalue weighted by Crippen LogP contribution is -2.40. The highest BCUT2D eigenvalue weighted by molar-refractivity contribution is 9.10. The molecule has 0 aliphatic rings. The largest absolute Gasteiger partial charge is 0.464 e. The Labute approximate surface area is 125 Å². The molecule has 1 N–H and O–H groups in total. The van der Waals surface area contributed by atoms with Crippen LogP contribution in [-0.2, 0) is 11.2 Å². The smallest absolute Gasteiger partial charge is 0.424 e. The number of hydrogen-bond acceptors (Lipinski definition) is 4. The number of carbonyl (C=O) groups is 2. The number of hydrogen-bond donors (Lipinski definition) is 1. The molecule has 0 aromatic carbocycles. The Kier molecular flexibility index (Phi) is 5.10. The number of anilines is 1. The molecule has 20 heavy (non-hydrogen) atoms. The fourth-order valence-corrected chi connectivity index (χ4v) is 2.18. The van der Waals surface area contributed by atoms with Gasteiger partial charge in [-0.3, -0.25) is 4.98 Å². The molecule has 1 aromatic heterocycles. The molecule has 1 rings (SSSR count). The molecule has 0 unspecified atom stereocenters. The number of imide groups is 1. The fraction of sp³-hybridized carbons (Fsp3) is 0.462. The van der Waals surface area contributed by atoms with Gasteiger partial charge in [0.15, 0.2) is 0 Å². The summed E-state index contributed by atoms with van der Waals surface area (Å²) in [5.74, 6) is 0. The minimum Gasteiger partial charge on any atom is -0.464 e. The summed E-state index contributed by atoms with van der Waals surface area (Å²) < 4.78 is 5.76. The number of nitrogens with zero attached hydrogens (tertiary/aromatic N) is 2. The van der Waals surface area contributed by atoms with Crippen molar-refractivity contribution in [1.29, 1.82) is 0 Å². The van der Waals surface area contributed by atoms with Gasteiger partial charge in [0.05, 0.1) is 11.9 Å². The summed E-state index contributed by atoms with van der Waals surface area (Å²) >= 11 is 3.30. The molecule has 1 aromatic rings. The summed E-state index contributed by atoms with van der Waals surface area (Å²) in [6.45, 7) is 6.87. The Morgan fingerprint density at radius 1 is 1.40 bits per heavy atom. The predicted octanol–water partition coefficient (Wildman–Crippen LogP) is 3.83. The number of halogens is 1. The van der Waals surface area contributed by atoms with E-state index in [4.69, 9.17) is 4.74 Å². The molecule has 0 radical (unpaired) electrons. The van der Waals surface area contributed by atoms with E-state index < -0.39 is 17.8 Å². The highest BCUT2D eigenvalue weighted by Crippen LogP contribution is 2.28. The average molecular weight is 345 g/mol. The normalized spacial score (nSPS) is 11.1. The van der Waals surface area contributed by atoms with E-state index in [0.29, 0.717) is 21.4 Å². The van der Waals surface area contributed by atoms with Gasteiger partial charge in [0, 0.05) is 10.7 Å². The minimum absolute atomic E-state index is 0.198. The summed E-state index contributed by atoms with van der Waals surface area (Å²) in [6, 6.07) is 0. The van der Waals surface area contributed by atoms with Crippen molar-refractivity contribution in [1.82, 2.24) is 4.98 Å². The van der Waals surface area contributed by atoms with Gasteiger partial charge in [-0.05, 0) is 48.7 Å². The SMILES string of the molecule is CCc1c(Br)cncc1N(C(=O)O)C(=O)OC(C)(C)C. The Bertz CT molecular complexity index is 526. The third kappa shape index (κ3) is 3.93. The molecule has 0 saturated heterocycles. The first-order valence-electron chi connectivity index (χ1n) is 6.05. The van der Waals surface area contributed by atoms with E-state index in [1.165, 1.54) is 6.20 Å². The topological polar surface area (TPSA) is 79.7 Å². The van der Waals surface area contributed by atoms with Crippen LogP contribution in [0.4, 0.5) is 15.3 Å². The summed E-state index contributed by atoms with van der Waals surface area (Å²) in [7, 11) is 0. The second-order valence-corrected chi connectivity index (χ2v) is 5.93. The van der Waals surface area contributed by atoms with Gasteiger partial charge < -0.3 is 9.84 Å². The first kappa shape index (κ1) is 16.4. The maximum atomic E-state index is 12.1. The van der Waals surface area contributed by atoms with Crippen molar-refractivity contribution in [3.8, 4) is 0 Å². The predicted molar refractivity (Wildman–Crippen MR) is 78.1 cm³/mol. The maximum absolute atomic E-state index is 12.1. The number of pyridine rings is 1. The lowest BCUT2D eigenvalue weighted by molar-refractivity contribution is 0.0581. The number of amides is 2. The van der Waals surface area contributed by atoms with Gasteiger partial charge in [0.1, 0.15) is 5.60 Å². The monoisotopic (exact) mass is 344 g/mol. The quantitative estimate of drug-likeness (QED) is 0.881. The highest BCUT2D eigenvalue weighted by Gasteiger charge is 2.30. The lowest BCUT2D eigenvalue weighted by Gasteiger charge is -2.25. The molecule has 0 aliphatic heterocycles. The second-order valence-electron chi connectivity index (χ2n) is 5.07. The summed E-state index contributed by atoms with van der Waals surface area (Å²) in [6.07, 6.45) is 1.08. The number of ether oxygens (including phenoxy) is 1. The van der Waals surface area contributed by atoms with E-state index in [0.717, 1.165) is 0 Å². The maximum Gasteiger partial charge on any atom is 0.424 e. The van der Waals surface area contributed by atoms with Crippen LogP contribution in [0.15, 0.2) is 16.9 Å². The van der Waals surface area contributed by atoms with Gasteiger partial charge >= 0.3 is 12.2 Å². The molecule has 0 aliphatic carbocycles. The summed E-state index contributed by atoms with van der Waals surface area (Å²) in [5, 5.41) is 9.29. The fourth-order valence-electron chi connectivity index (χ4n) is 1.58. The molecule has 0 saturated carbocycles. The van der Waals surface area contributed by atoms with Gasteiger partial charge in [0.25, 0.3) is 0 Å². The van der Waals surface area contributed by atoms with E-state index >= 15 is 0 Å². The standard InChI is InChI=1S/C13H17BrN2O4/c1-5-8-9(14)6-15-7-10(8)16(11(17)18)12(19)20-13(2,3)4/h6-7H,5H2,1-4H3,(H,17,18). The van der Waals surface area contributed by atoms with Crippen molar-refractivity contribution in [3.63, 3.8) is 0 Å². The van der Waals surface area contributed by atoms with E-state index in [2.05, 4.69) is 20.9 Å². The molecular weight excluding hydrogens is 328 g/mol. The van der Waals surface area contributed by atoms with Crippen molar-refractivity contribution >= 4 is 33.8 Å². The third-order valence-corrected chi connectivity index (χ3v) is 3.03. The first-order chi connectivity index (χ1) is 9.17. The van der Waals surface area contributed by atoms with Crippen LogP contribution in [0.2, 0.25) is 0 Å². The Hall–Kier alpha value is -1.63. The van der Waals surface area contributed by atoms with Crippen LogP contribution in [0.1, 0.15) is 33.3 Å². The molecule has 0 fully saturated rings. The van der Waals surface area contributed by atoms with Crippen LogP contribution < -0.4 is 4.90 Å². The average Bonchev–Trinajstić information content (AvgIpc) is 2.26. The van der Waals surface area contributed by atoms with Crippen molar-refractivity contribution in [3.05, 3.63) is 22.4 Å². The van der Waals surface area contributed by atoms with Crippen LogP contribution in [0.3, 0.4) is 0 Å². The minimum atomic E-state index is -1.41. The molecule has 6 nitrogen and oxygen atoms in total. The molecule has 1 heterocycles. The van der Waals surface area contributed by atoms with Crippen molar-refractivity contribution in [2.24, 2.45) is 0 Å². The second kappa shape index (κ2) is 6.21. The Balaban J connectivity index is 3.25. The summed E-state index contributed by atoms with van der Waals surface area (Å²) in [4.78, 5) is 27.9. The number of carboxylic acid groups (broad SMARTS) is 1. The molecule has 0 spiro atoms. The van der Waals surface area contributed by atoms with E-state index in [9.17, 15) is 14.7 Å². The van der Waals surface area contributed by atoms with E-state index in [1.807, 2.05) is 6.92 Å².